The van der Waals surface area contributed by atoms with Gasteiger partial charge in [-0.15, -0.1) is 0 Å². The van der Waals surface area contributed by atoms with E-state index in [1.54, 1.807) is 29.1 Å². The zero-order valence-electron chi connectivity index (χ0n) is 16.2. The Morgan fingerprint density at radius 3 is 2.34 bits per heavy atom. The highest BCUT2D eigenvalue weighted by Crippen LogP contribution is 2.16. The summed E-state index contributed by atoms with van der Waals surface area (Å²) in [6.45, 7) is -2.40. The van der Waals surface area contributed by atoms with Gasteiger partial charge in [-0.25, -0.2) is 0 Å². The molecule has 6 nitrogen and oxygen atoms in total. The second-order valence-electron chi connectivity index (χ2n) is 6.71. The largest absolute Gasteiger partial charge is 0.435 e. The minimum Gasteiger partial charge on any atom is -0.435 e. The van der Waals surface area contributed by atoms with Gasteiger partial charge in [-0.1, -0.05) is 24.3 Å². The first-order valence-corrected chi connectivity index (χ1v) is 9.02. The molecule has 1 N–H and O–H groups in total. The van der Waals surface area contributed by atoms with Crippen molar-refractivity contribution in [2.24, 2.45) is 0 Å². The van der Waals surface area contributed by atoms with E-state index < -0.39 is 6.61 Å². The third-order valence-electron chi connectivity index (χ3n) is 4.22. The Kier molecular flexibility index (Phi) is 6.43. The van der Waals surface area contributed by atoms with Crippen LogP contribution in [0, 0.1) is 0 Å². The van der Waals surface area contributed by atoms with Crippen molar-refractivity contribution in [3.63, 3.8) is 0 Å². The van der Waals surface area contributed by atoms with E-state index in [0.29, 0.717) is 12.4 Å². The molecule has 0 spiro atoms. The summed E-state index contributed by atoms with van der Waals surface area (Å²) in [5, 5.41) is 7.10. The number of aromatic nitrogens is 2. The van der Waals surface area contributed by atoms with Crippen molar-refractivity contribution in [1.82, 2.24) is 9.78 Å². The monoisotopic (exact) mass is 400 g/mol. The van der Waals surface area contributed by atoms with Gasteiger partial charge in [0.25, 0.3) is 0 Å². The topological polar surface area (TPSA) is 59.4 Å². The molecular weight excluding hydrogens is 378 g/mol. The molecule has 3 rings (SSSR count). The average Bonchev–Trinajstić information content (AvgIpc) is 3.10. The lowest BCUT2D eigenvalue weighted by Gasteiger charge is -2.12. The maximum Gasteiger partial charge on any atom is 0.387 e. The van der Waals surface area contributed by atoms with Gasteiger partial charge in [0.2, 0.25) is 5.91 Å². The van der Waals surface area contributed by atoms with E-state index in [1.165, 1.54) is 12.1 Å². The summed E-state index contributed by atoms with van der Waals surface area (Å²) in [6.07, 6.45) is 2.00. The summed E-state index contributed by atoms with van der Waals surface area (Å²) in [5.74, 6) is 0.412. The van der Waals surface area contributed by atoms with Crippen LogP contribution in [0.5, 0.6) is 5.75 Å². The molecule has 0 unspecified atom stereocenters. The molecule has 0 saturated carbocycles. The predicted molar refractivity (Wildman–Crippen MR) is 108 cm³/mol. The van der Waals surface area contributed by atoms with Crippen LogP contribution in [0.15, 0.2) is 60.8 Å². The molecule has 1 aromatic heterocycles. The van der Waals surface area contributed by atoms with Crippen molar-refractivity contribution in [2.75, 3.05) is 24.3 Å². The lowest BCUT2D eigenvalue weighted by Crippen LogP contribution is -2.15. The molecule has 0 radical (unpaired) electrons. The molecule has 1 amide bonds. The number of anilines is 2. The van der Waals surface area contributed by atoms with Crippen molar-refractivity contribution in [3.8, 4) is 5.75 Å². The molecule has 0 aliphatic rings. The first-order chi connectivity index (χ1) is 13.9. The Labute approximate surface area is 167 Å². The first kappa shape index (κ1) is 20.3. The molecule has 2 aromatic carbocycles. The van der Waals surface area contributed by atoms with E-state index in [2.05, 4.69) is 15.2 Å². The van der Waals surface area contributed by atoms with Crippen LogP contribution in [0.25, 0.3) is 0 Å². The molecule has 0 atom stereocenters. The van der Waals surface area contributed by atoms with Crippen molar-refractivity contribution in [2.45, 2.75) is 19.6 Å². The second-order valence-corrected chi connectivity index (χ2v) is 6.71. The number of hydrogen-bond acceptors (Lipinski definition) is 4. The zero-order valence-corrected chi connectivity index (χ0v) is 16.2. The van der Waals surface area contributed by atoms with Gasteiger partial charge in [0.1, 0.15) is 5.75 Å². The van der Waals surface area contributed by atoms with Gasteiger partial charge in [-0.2, -0.15) is 13.9 Å². The van der Waals surface area contributed by atoms with Gasteiger partial charge >= 0.3 is 6.61 Å². The Bertz CT molecular complexity index is 938. The normalized spacial score (nSPS) is 10.8. The van der Waals surface area contributed by atoms with Gasteiger partial charge in [-0.3, -0.25) is 9.48 Å². The number of ether oxygens (including phenoxy) is 1. The SMILES string of the molecule is CN(C)c1ccc(CC(=O)Nc2ccn(Cc3ccc(OC(F)F)cc3)n2)cc1. The number of hydrogen-bond donors (Lipinski definition) is 1. The molecule has 29 heavy (non-hydrogen) atoms. The number of amides is 1. The smallest absolute Gasteiger partial charge is 0.387 e. The number of alkyl halides is 2. The molecule has 0 bridgehead atoms. The highest BCUT2D eigenvalue weighted by atomic mass is 19.3. The van der Waals surface area contributed by atoms with Gasteiger partial charge in [-0.05, 0) is 35.4 Å². The predicted octanol–water partition coefficient (Wildman–Crippen LogP) is 3.78. The maximum atomic E-state index is 12.2. The second kappa shape index (κ2) is 9.18. The number of nitrogens with one attached hydrogen (secondary N) is 1. The lowest BCUT2D eigenvalue weighted by molar-refractivity contribution is -0.115. The van der Waals surface area contributed by atoms with E-state index in [1.807, 2.05) is 43.3 Å². The quantitative estimate of drug-likeness (QED) is 0.625. The molecule has 8 heteroatoms. The third-order valence-corrected chi connectivity index (χ3v) is 4.22. The molecule has 152 valence electrons. The van der Waals surface area contributed by atoms with E-state index in [-0.39, 0.29) is 18.1 Å². The third kappa shape index (κ3) is 6.03. The number of nitrogens with zero attached hydrogens (tertiary/aromatic N) is 3. The van der Waals surface area contributed by atoms with Gasteiger partial charge in [0, 0.05) is 32.0 Å². The Balaban J connectivity index is 1.53. The minimum atomic E-state index is -2.84. The summed E-state index contributed by atoms with van der Waals surface area (Å²) in [7, 11) is 3.92. The Morgan fingerprint density at radius 2 is 1.72 bits per heavy atom. The van der Waals surface area contributed by atoms with Crippen molar-refractivity contribution in [3.05, 3.63) is 71.9 Å². The molecule has 1 heterocycles. The minimum absolute atomic E-state index is 0.107. The fraction of sp³-hybridized carbons (Fsp3) is 0.238. The van der Waals surface area contributed by atoms with Gasteiger partial charge < -0.3 is 15.0 Å². The summed E-state index contributed by atoms with van der Waals surface area (Å²) in [6, 6.07) is 15.8. The van der Waals surface area contributed by atoms with Crippen LogP contribution < -0.4 is 15.0 Å². The summed E-state index contributed by atoms with van der Waals surface area (Å²) in [5.41, 5.74) is 2.86. The van der Waals surface area contributed by atoms with Crippen LogP contribution in [-0.4, -0.2) is 36.4 Å². The maximum absolute atomic E-state index is 12.2. The Hall–Kier alpha value is -3.42. The molecule has 0 fully saturated rings. The summed E-state index contributed by atoms with van der Waals surface area (Å²) in [4.78, 5) is 14.2. The first-order valence-electron chi connectivity index (χ1n) is 9.02. The summed E-state index contributed by atoms with van der Waals surface area (Å²) >= 11 is 0. The molecule has 0 aliphatic heterocycles. The van der Waals surface area contributed by atoms with Crippen molar-refractivity contribution >= 4 is 17.4 Å². The zero-order chi connectivity index (χ0) is 20.8. The van der Waals surface area contributed by atoms with E-state index in [9.17, 15) is 13.6 Å². The van der Waals surface area contributed by atoms with E-state index in [0.717, 1.165) is 16.8 Å². The molecular formula is C21H22F2N4O2. The van der Waals surface area contributed by atoms with Gasteiger partial charge in [0.15, 0.2) is 5.82 Å². The Morgan fingerprint density at radius 1 is 1.07 bits per heavy atom. The number of carbonyl (C=O) groups is 1. The van der Waals surface area contributed by atoms with Crippen LogP contribution in [0.2, 0.25) is 0 Å². The fourth-order valence-electron chi connectivity index (χ4n) is 2.76. The van der Waals surface area contributed by atoms with Crippen molar-refractivity contribution in [1.29, 1.82) is 0 Å². The number of benzene rings is 2. The number of halogens is 2. The van der Waals surface area contributed by atoms with Crippen LogP contribution >= 0.6 is 0 Å². The summed E-state index contributed by atoms with van der Waals surface area (Å²) < 4.78 is 30.4. The fourth-order valence-corrected chi connectivity index (χ4v) is 2.76. The van der Waals surface area contributed by atoms with Gasteiger partial charge in [0.05, 0.1) is 13.0 Å². The highest BCUT2D eigenvalue weighted by molar-refractivity contribution is 5.91. The van der Waals surface area contributed by atoms with E-state index in [4.69, 9.17) is 0 Å². The lowest BCUT2D eigenvalue weighted by atomic mass is 10.1. The van der Waals surface area contributed by atoms with Crippen molar-refractivity contribution < 1.29 is 18.3 Å². The van der Waals surface area contributed by atoms with Crippen LogP contribution in [0.1, 0.15) is 11.1 Å². The highest BCUT2D eigenvalue weighted by Gasteiger charge is 2.08. The molecule has 0 aliphatic carbocycles. The standard InChI is InChI=1S/C21H22F2N4O2/c1-26(2)17-7-3-15(4-8-17)13-20(28)24-19-11-12-27(25-19)14-16-5-9-18(10-6-16)29-21(22)23/h3-12,21H,13-14H2,1-2H3,(H,24,25,28). The molecule has 3 aromatic rings. The van der Waals surface area contributed by atoms with Crippen LogP contribution in [0.4, 0.5) is 20.3 Å². The number of rotatable bonds is 8. The van der Waals surface area contributed by atoms with Crippen LogP contribution in [0.3, 0.4) is 0 Å². The molecule has 0 saturated heterocycles. The average molecular weight is 400 g/mol. The van der Waals surface area contributed by atoms with E-state index >= 15 is 0 Å². The number of carbonyl (C=O) groups excluding carboxylic acids is 1. The van der Waals surface area contributed by atoms with Crippen LogP contribution in [-0.2, 0) is 17.8 Å².